The van der Waals surface area contributed by atoms with Crippen LogP contribution in [0.2, 0.25) is 10.0 Å². The number of carbonyl (C=O) groups is 4. The number of benzene rings is 4. The fraction of sp³-hybridized carbons (Fsp3) is 0.433. The summed E-state index contributed by atoms with van der Waals surface area (Å²) in [7, 11) is 3.51. The van der Waals surface area contributed by atoms with Gasteiger partial charge in [0.1, 0.15) is 23.1 Å². The number of hydrogen-bond acceptors (Lipinski definition) is 10. The summed E-state index contributed by atoms with van der Waals surface area (Å²) in [6.45, 7) is 12.7. The lowest BCUT2D eigenvalue weighted by molar-refractivity contribution is -0.118. The number of carbonyl (C=O) groups excluding carboxylic acids is 4. The molecule has 2 heterocycles. The molecule has 2 aromatic heterocycles. The Morgan fingerprint density at radius 3 is 1.67 bits per heavy atom. The molecular weight excluding hydrogens is 1050 g/mol. The first kappa shape index (κ1) is 61.3. The number of aryl methyl sites for hydroxylation is 2. The number of ether oxygens (including phenoxy) is 2. The number of aromatic nitrogens is 4. The summed E-state index contributed by atoms with van der Waals surface area (Å²) in [6.07, 6.45) is 9.16. The van der Waals surface area contributed by atoms with Crippen molar-refractivity contribution >= 4 is 47.0 Å². The number of hydrogen-bond donors (Lipinski definition) is 7. The van der Waals surface area contributed by atoms with E-state index in [9.17, 15) is 29.4 Å². The highest BCUT2D eigenvalue weighted by Gasteiger charge is 2.26. The van der Waals surface area contributed by atoms with Gasteiger partial charge in [0.15, 0.2) is 0 Å². The first-order valence-electron chi connectivity index (χ1n) is 27.1. The SMILES string of the molecule is CCn1cc(-c2ccc(C[C@@H](CCO)NC(=O)c3ccc(OC(C)C)c(Cl)c3)cc2)nc1[C@@H](CC(C)C)NC(=O)NC.C[C@H](CC(N)=O)c1nc(-c2ccc(C[C@@H](CCO)NC(=O)c3ccc(OC4CC4)c(Cl)c3)cc2)cn1C. The number of primary amides is 1. The number of nitrogens with zero attached hydrogens (tertiary/aromatic N) is 4. The van der Waals surface area contributed by atoms with Gasteiger partial charge in [0.2, 0.25) is 5.91 Å². The van der Waals surface area contributed by atoms with Crippen molar-refractivity contribution in [1.82, 2.24) is 40.4 Å². The maximum absolute atomic E-state index is 13.0. The van der Waals surface area contributed by atoms with Gasteiger partial charge in [0, 0.05) is 92.9 Å². The molecule has 0 spiro atoms. The van der Waals surface area contributed by atoms with Gasteiger partial charge in [-0.2, -0.15) is 0 Å². The number of amides is 5. The number of rotatable bonds is 26. The van der Waals surface area contributed by atoms with Crippen molar-refractivity contribution in [2.24, 2.45) is 18.7 Å². The van der Waals surface area contributed by atoms with Gasteiger partial charge in [-0.15, -0.1) is 0 Å². The molecular formula is C60H77Cl2N9O8. The third-order valence-electron chi connectivity index (χ3n) is 13.2. The van der Waals surface area contributed by atoms with E-state index < -0.39 is 0 Å². The first-order valence-corrected chi connectivity index (χ1v) is 27.8. The molecule has 0 aliphatic heterocycles. The van der Waals surface area contributed by atoms with Crippen molar-refractivity contribution in [3.63, 3.8) is 0 Å². The minimum Gasteiger partial charge on any atom is -0.489 e. The van der Waals surface area contributed by atoms with Crippen LogP contribution in [-0.4, -0.2) is 97.6 Å². The van der Waals surface area contributed by atoms with Crippen molar-refractivity contribution in [3.8, 4) is 34.0 Å². The van der Waals surface area contributed by atoms with Crippen LogP contribution in [0.3, 0.4) is 0 Å². The summed E-state index contributed by atoms with van der Waals surface area (Å²) in [5.74, 6) is 2.19. The van der Waals surface area contributed by atoms with Gasteiger partial charge in [-0.3, -0.25) is 14.4 Å². The summed E-state index contributed by atoms with van der Waals surface area (Å²) in [5.41, 5.74) is 11.8. The zero-order valence-electron chi connectivity index (χ0n) is 46.5. The largest absolute Gasteiger partial charge is 0.489 e. The van der Waals surface area contributed by atoms with Crippen molar-refractivity contribution < 1.29 is 38.9 Å². The molecule has 0 bridgehead atoms. The van der Waals surface area contributed by atoms with Crippen LogP contribution in [0.4, 0.5) is 4.79 Å². The van der Waals surface area contributed by atoms with Crippen LogP contribution >= 0.6 is 23.2 Å². The molecule has 7 rings (SSSR count). The van der Waals surface area contributed by atoms with Crippen LogP contribution in [-0.2, 0) is 31.2 Å². The van der Waals surface area contributed by atoms with Crippen molar-refractivity contribution in [3.05, 3.63) is 141 Å². The zero-order valence-corrected chi connectivity index (χ0v) is 48.0. The molecule has 79 heavy (non-hydrogen) atoms. The molecule has 1 fully saturated rings. The molecule has 6 aromatic rings. The Hall–Kier alpha value is -6.92. The Labute approximate surface area is 474 Å². The molecule has 8 N–H and O–H groups in total. The Balaban J connectivity index is 0.000000257. The van der Waals surface area contributed by atoms with E-state index in [0.717, 1.165) is 71.1 Å². The Morgan fingerprint density at radius 2 is 1.23 bits per heavy atom. The minimum atomic E-state index is -0.353. The molecule has 4 atom stereocenters. The second-order valence-electron chi connectivity index (χ2n) is 20.8. The summed E-state index contributed by atoms with van der Waals surface area (Å²) >= 11 is 12.6. The van der Waals surface area contributed by atoms with Crippen molar-refractivity contribution in [2.75, 3.05) is 20.3 Å². The fourth-order valence-electron chi connectivity index (χ4n) is 9.09. The van der Waals surface area contributed by atoms with E-state index in [2.05, 4.69) is 46.6 Å². The van der Waals surface area contributed by atoms with Gasteiger partial charge in [0.25, 0.3) is 11.8 Å². The molecule has 0 unspecified atom stereocenters. The first-order chi connectivity index (χ1) is 37.8. The monoisotopic (exact) mass is 1120 g/mol. The van der Waals surface area contributed by atoms with Gasteiger partial charge in [-0.1, -0.05) is 92.5 Å². The number of urea groups is 1. The van der Waals surface area contributed by atoms with E-state index in [4.69, 9.17) is 48.4 Å². The summed E-state index contributed by atoms with van der Waals surface area (Å²) in [4.78, 5) is 58.9. The van der Waals surface area contributed by atoms with Crippen LogP contribution < -0.4 is 36.5 Å². The topological polar surface area (TPSA) is 237 Å². The van der Waals surface area contributed by atoms with Crippen LogP contribution in [0.5, 0.6) is 11.5 Å². The smallest absolute Gasteiger partial charge is 0.315 e. The van der Waals surface area contributed by atoms with Crippen LogP contribution in [0.25, 0.3) is 22.5 Å². The third kappa shape index (κ3) is 18.3. The lowest BCUT2D eigenvalue weighted by Gasteiger charge is -2.20. The summed E-state index contributed by atoms with van der Waals surface area (Å²) in [6, 6.07) is 25.1. The second-order valence-corrected chi connectivity index (χ2v) is 21.6. The zero-order chi connectivity index (χ0) is 57.3. The number of nitrogens with one attached hydrogen (secondary N) is 4. The molecule has 1 saturated carbocycles. The number of nitrogens with two attached hydrogens (primary N) is 1. The lowest BCUT2D eigenvalue weighted by Crippen LogP contribution is -2.37. The number of imidazole rings is 2. The van der Waals surface area contributed by atoms with E-state index in [1.807, 2.05) is 93.3 Å². The molecule has 0 saturated heterocycles. The van der Waals surface area contributed by atoms with Gasteiger partial charge in [-0.05, 0) is 119 Å². The Kier molecular flexibility index (Phi) is 22.8. The van der Waals surface area contributed by atoms with Crippen LogP contribution in [0.15, 0.2) is 97.3 Å². The molecule has 0 radical (unpaired) electrons. The van der Waals surface area contributed by atoms with E-state index in [1.54, 1.807) is 43.4 Å². The van der Waals surface area contributed by atoms with E-state index in [0.29, 0.717) is 64.3 Å². The molecule has 1 aliphatic carbocycles. The standard InChI is InChI=1S/C32H44ClN5O4.C28H33ClN4O4/c1-7-38-19-28(36-30(38)27(16-20(2)3)37-32(41)34-6)23-10-8-22(9-11-23)17-25(14-15-39)35-31(40)24-12-13-29(26(33)18-24)42-21(4)5;1-17(13-26(30)35)27-32-24(16-33(27)2)19-5-3-18(4-6-19)14-21(11-12-34)31-28(36)20-7-10-25(23(29)15-20)37-22-8-9-22/h8-13,18-21,25,27,39H,7,14-17H2,1-6H3,(H,35,40)(H2,34,37,41);3-7,10,15-17,21-22,34H,8-9,11-14H2,1-2H3,(H2,30,35)(H,31,36)/t25-,27-;17-,21-/m11/s1. The van der Waals surface area contributed by atoms with E-state index >= 15 is 0 Å². The van der Waals surface area contributed by atoms with Gasteiger partial charge in [0.05, 0.1) is 39.7 Å². The quantitative estimate of drug-likeness (QED) is 0.0271. The van der Waals surface area contributed by atoms with Gasteiger partial charge < -0.3 is 55.8 Å². The highest BCUT2D eigenvalue weighted by atomic mass is 35.5. The van der Waals surface area contributed by atoms with Gasteiger partial charge in [-0.25, -0.2) is 14.8 Å². The Morgan fingerprint density at radius 1 is 0.722 bits per heavy atom. The minimum absolute atomic E-state index is 0.0280. The average Bonchev–Trinajstić information content (AvgIpc) is 3.99. The Bertz CT molecular complexity index is 2970. The summed E-state index contributed by atoms with van der Waals surface area (Å²) < 4.78 is 15.4. The number of aliphatic hydroxyl groups excluding tert-OH is 2. The molecule has 19 heteroatoms. The maximum Gasteiger partial charge on any atom is 0.315 e. The molecule has 5 amide bonds. The average molecular weight is 1120 g/mol. The van der Waals surface area contributed by atoms with Crippen LogP contribution in [0.1, 0.15) is 136 Å². The van der Waals surface area contributed by atoms with Crippen molar-refractivity contribution in [1.29, 1.82) is 0 Å². The number of aliphatic hydroxyl groups is 2. The summed E-state index contributed by atoms with van der Waals surface area (Å²) in [5, 5.41) is 31.7. The maximum atomic E-state index is 13.0. The predicted octanol–water partition coefficient (Wildman–Crippen LogP) is 9.73. The highest BCUT2D eigenvalue weighted by molar-refractivity contribution is 6.32. The normalized spacial score (nSPS) is 13.6. The van der Waals surface area contributed by atoms with E-state index in [-0.39, 0.29) is 79.6 Å². The third-order valence-corrected chi connectivity index (χ3v) is 13.8. The van der Waals surface area contributed by atoms with E-state index in [1.165, 1.54) is 0 Å². The van der Waals surface area contributed by atoms with Gasteiger partial charge >= 0.3 is 6.03 Å². The molecule has 424 valence electrons. The predicted molar refractivity (Wildman–Crippen MR) is 310 cm³/mol. The highest BCUT2D eigenvalue weighted by Crippen LogP contribution is 2.33. The second kappa shape index (κ2) is 29.3. The molecule has 17 nitrogen and oxygen atoms in total. The number of halogens is 2. The fourth-order valence-corrected chi connectivity index (χ4v) is 9.54. The molecule has 1 aliphatic rings. The molecule has 4 aromatic carbocycles. The lowest BCUT2D eigenvalue weighted by atomic mass is 10.0. The van der Waals surface area contributed by atoms with Crippen LogP contribution in [0, 0.1) is 5.92 Å². The van der Waals surface area contributed by atoms with Crippen molar-refractivity contribution in [2.45, 2.75) is 136 Å².